The third-order valence-corrected chi connectivity index (χ3v) is 13.8. The number of nitrogens with one attached hydrogen (secondary N) is 2. The number of nitrogens with two attached hydrogens (primary N) is 1. The number of allylic oxidation sites excluding steroid dienone is 2. The first-order valence-electron chi connectivity index (χ1n) is 23.5. The van der Waals surface area contributed by atoms with E-state index in [0.717, 1.165) is 68.5 Å². The number of alkyl halides is 3. The highest BCUT2D eigenvalue weighted by Crippen LogP contribution is 2.40. The second kappa shape index (κ2) is 20.9. The maximum atomic E-state index is 13.8. The van der Waals surface area contributed by atoms with Crippen LogP contribution < -0.4 is 31.8 Å². The highest BCUT2D eigenvalue weighted by Gasteiger charge is 2.33. The molecule has 0 radical (unpaired) electrons. The largest absolute Gasteiger partial charge is 0.496 e. The van der Waals surface area contributed by atoms with Crippen molar-refractivity contribution in [2.24, 2.45) is 17.8 Å². The number of anilines is 2. The zero-order valence-corrected chi connectivity index (χ0v) is 39.4. The van der Waals surface area contributed by atoms with E-state index in [1.807, 2.05) is 21.9 Å². The van der Waals surface area contributed by atoms with Crippen LogP contribution in [0.2, 0.25) is 0 Å². The van der Waals surface area contributed by atoms with E-state index < -0.39 is 29.0 Å². The lowest BCUT2D eigenvalue weighted by molar-refractivity contribution is -0.138. The van der Waals surface area contributed by atoms with Crippen molar-refractivity contribution < 1.29 is 37.0 Å². The molecular weight excluding hydrogens is 894 g/mol. The summed E-state index contributed by atoms with van der Waals surface area (Å²) in [5.41, 5.74) is 7.63. The normalized spacial score (nSPS) is 17.7. The molecule has 69 heavy (non-hydrogen) atoms. The monoisotopic (exact) mass is 952 g/mol. The second-order valence-electron chi connectivity index (χ2n) is 18.4. The minimum absolute atomic E-state index is 0.0199. The van der Waals surface area contributed by atoms with Crippen LogP contribution in [0.5, 0.6) is 11.5 Å². The molecule has 3 aliphatic rings. The number of carbonyl (C=O) groups is 2. The minimum atomic E-state index is -4.54. The zero-order chi connectivity index (χ0) is 49.0. The molecule has 2 amide bonds. The summed E-state index contributed by atoms with van der Waals surface area (Å²) in [4.78, 5) is 66.7. The molecule has 4 heterocycles. The third-order valence-electron chi connectivity index (χ3n) is 13.8. The summed E-state index contributed by atoms with van der Waals surface area (Å²) in [6, 6.07) is 13.0. The molecule has 4 N–H and O–H groups in total. The number of fused-ring (bicyclic) bond motifs is 1. The van der Waals surface area contributed by atoms with E-state index in [-0.39, 0.29) is 23.4 Å². The minimum Gasteiger partial charge on any atom is -0.496 e. The van der Waals surface area contributed by atoms with Gasteiger partial charge in [-0.2, -0.15) is 13.2 Å². The molecule has 2 aliphatic heterocycles. The van der Waals surface area contributed by atoms with Gasteiger partial charge in [-0.25, -0.2) is 14.8 Å². The molecule has 2 saturated heterocycles. The Balaban J connectivity index is 0.792. The summed E-state index contributed by atoms with van der Waals surface area (Å²) in [6.45, 7) is 7.43. The second-order valence-corrected chi connectivity index (χ2v) is 18.4. The van der Waals surface area contributed by atoms with Crippen molar-refractivity contribution in [2.75, 3.05) is 64.7 Å². The molecule has 8 rings (SSSR count). The van der Waals surface area contributed by atoms with E-state index in [4.69, 9.17) is 19.9 Å². The van der Waals surface area contributed by atoms with E-state index in [1.54, 1.807) is 39.2 Å². The van der Waals surface area contributed by atoms with Gasteiger partial charge in [0.1, 0.15) is 23.1 Å². The van der Waals surface area contributed by atoms with E-state index in [0.29, 0.717) is 108 Å². The molecule has 2 fully saturated rings. The molecule has 3 aromatic carbocycles. The number of aromatic amines is 1. The molecular formula is C51H59F3N8O7. The maximum Gasteiger partial charge on any atom is 0.416 e. The lowest BCUT2D eigenvalue weighted by Gasteiger charge is -2.35. The lowest BCUT2D eigenvalue weighted by atomic mass is 9.84. The van der Waals surface area contributed by atoms with Crippen LogP contribution >= 0.6 is 0 Å². The Kier molecular flexibility index (Phi) is 14.8. The molecule has 2 aromatic heterocycles. The van der Waals surface area contributed by atoms with E-state index in [2.05, 4.69) is 26.3 Å². The van der Waals surface area contributed by atoms with E-state index >= 15 is 0 Å². The molecule has 5 aromatic rings. The Morgan fingerprint density at radius 2 is 1.62 bits per heavy atom. The number of nitrogens with zero attached hydrogens (tertiary/aromatic N) is 5. The van der Waals surface area contributed by atoms with Crippen molar-refractivity contribution in [2.45, 2.75) is 77.4 Å². The summed E-state index contributed by atoms with van der Waals surface area (Å²) in [5.74, 6) is 2.75. The number of aromatic nitrogens is 4. The first kappa shape index (κ1) is 48.8. The van der Waals surface area contributed by atoms with Crippen LogP contribution in [0, 0.1) is 24.7 Å². The summed E-state index contributed by atoms with van der Waals surface area (Å²) < 4.78 is 59.5. The number of hydrogen-bond acceptors (Lipinski definition) is 11. The van der Waals surface area contributed by atoms with Gasteiger partial charge in [-0.3, -0.25) is 23.9 Å². The fourth-order valence-corrected chi connectivity index (χ4v) is 9.79. The molecule has 0 saturated carbocycles. The molecule has 0 spiro atoms. The number of H-pyrrole nitrogens is 1. The molecule has 366 valence electrons. The average molecular weight is 953 g/mol. The average Bonchev–Trinajstić information content (AvgIpc) is 3.34. The predicted octanol–water partition coefficient (Wildman–Crippen LogP) is 7.95. The quantitative estimate of drug-likeness (QED) is 0.0725. The van der Waals surface area contributed by atoms with Crippen molar-refractivity contribution in [3.8, 4) is 17.2 Å². The summed E-state index contributed by atoms with van der Waals surface area (Å²) in [7, 11) is 3.08. The van der Waals surface area contributed by atoms with Crippen LogP contribution in [0.1, 0.15) is 97.2 Å². The summed E-state index contributed by atoms with van der Waals surface area (Å²) >= 11 is 0. The van der Waals surface area contributed by atoms with Gasteiger partial charge in [0.15, 0.2) is 0 Å². The lowest BCUT2D eigenvalue weighted by Crippen LogP contribution is -2.42. The van der Waals surface area contributed by atoms with Crippen LogP contribution in [0.15, 0.2) is 76.5 Å². The number of halogens is 3. The zero-order valence-electron chi connectivity index (χ0n) is 39.4. The smallest absolute Gasteiger partial charge is 0.416 e. The predicted molar refractivity (Wildman–Crippen MR) is 257 cm³/mol. The highest BCUT2D eigenvalue weighted by atomic mass is 19.4. The SMILES string of the molecule is COc1cc2nc(C)nc(N[C@H](C)c3cc(N)cc(C(F)(F)F)c3)c2cc1C1=CCC(C(=O)N2CCC(CCOCC3CCN(C(=O)c4ccc(OC)c(-n5ccc(=O)[nH]c5=O)c4)CC3)CC2)CC1. The molecule has 2 atom stereocenters. The van der Waals surface area contributed by atoms with Crippen LogP contribution in [0.4, 0.5) is 24.7 Å². The first-order chi connectivity index (χ1) is 33.1. The van der Waals surface area contributed by atoms with Gasteiger partial charge in [-0.05, 0) is 131 Å². The number of amides is 2. The summed E-state index contributed by atoms with van der Waals surface area (Å²) in [5, 5.41) is 4.00. The number of benzene rings is 3. The molecule has 0 bridgehead atoms. The number of nitrogen functional groups attached to an aromatic ring is 1. The van der Waals surface area contributed by atoms with Gasteiger partial charge in [0.05, 0.1) is 37.0 Å². The molecule has 1 unspecified atom stereocenters. The number of methoxy groups -OCH3 is 2. The number of rotatable bonds is 14. The molecule has 1 aliphatic carbocycles. The standard InChI is InChI=1S/C51H59F3N8O7/c1-30(37-23-38(51(52,53)54)26-39(55)24-37)56-47-41-27-40(45(68-4)28-42(41)57-31(2)58-47)34-5-7-35(8-6-34)48(64)60-17-11-32(12-18-60)16-22-69-29-33-13-19-61(20-14-33)49(65)36-9-10-44(67-3)43(25-36)62-21-15-46(63)59-50(62)66/h5,9-10,15,21,23-28,30,32-33,35H,6-8,11-14,16-20,22,29,55H2,1-4H3,(H,56,57,58)(H,59,63,66)/t30-,35?/m1/s1. The van der Waals surface area contributed by atoms with Gasteiger partial charge < -0.3 is 35.1 Å². The van der Waals surface area contributed by atoms with Gasteiger partial charge in [0.2, 0.25) is 5.91 Å². The van der Waals surface area contributed by atoms with Gasteiger partial charge in [-0.1, -0.05) is 6.08 Å². The third kappa shape index (κ3) is 11.3. The number of aryl methyl sites for hydroxylation is 1. The number of ether oxygens (including phenoxy) is 3. The van der Waals surface area contributed by atoms with Gasteiger partial charge in [0, 0.05) is 85.8 Å². The number of likely N-dealkylation sites (tertiary alicyclic amines) is 2. The van der Waals surface area contributed by atoms with Crippen molar-refractivity contribution in [1.29, 1.82) is 0 Å². The van der Waals surface area contributed by atoms with E-state index in [9.17, 15) is 32.3 Å². The van der Waals surface area contributed by atoms with Crippen molar-refractivity contribution >= 4 is 39.8 Å². The van der Waals surface area contributed by atoms with Crippen molar-refractivity contribution in [1.82, 2.24) is 29.3 Å². The fraction of sp³-hybridized carbons (Fsp3) is 0.451. The van der Waals surface area contributed by atoms with Crippen LogP contribution in [-0.4, -0.2) is 94.7 Å². The van der Waals surface area contributed by atoms with Gasteiger partial charge >= 0.3 is 11.9 Å². The highest BCUT2D eigenvalue weighted by molar-refractivity contribution is 5.96. The molecule has 15 nitrogen and oxygen atoms in total. The number of piperidine rings is 2. The van der Waals surface area contributed by atoms with Crippen LogP contribution in [0.25, 0.3) is 22.2 Å². The first-order valence-corrected chi connectivity index (χ1v) is 23.5. The Morgan fingerprint density at radius 3 is 2.30 bits per heavy atom. The van der Waals surface area contributed by atoms with Crippen LogP contribution in [0.3, 0.4) is 0 Å². The maximum absolute atomic E-state index is 13.8. The number of hydrogen-bond donors (Lipinski definition) is 3. The van der Waals surface area contributed by atoms with Gasteiger partial charge in [0.25, 0.3) is 11.5 Å². The van der Waals surface area contributed by atoms with Crippen molar-refractivity contribution in [3.05, 3.63) is 116 Å². The fourth-order valence-electron chi connectivity index (χ4n) is 9.79. The van der Waals surface area contributed by atoms with Crippen LogP contribution in [-0.2, 0) is 15.7 Å². The van der Waals surface area contributed by atoms with Crippen molar-refractivity contribution in [3.63, 3.8) is 0 Å². The Hall–Kier alpha value is -6.69. The Morgan fingerprint density at radius 1 is 0.899 bits per heavy atom. The van der Waals surface area contributed by atoms with E-state index in [1.165, 1.54) is 30.0 Å². The van der Waals surface area contributed by atoms with Gasteiger partial charge in [-0.15, -0.1) is 0 Å². The number of carbonyl (C=O) groups excluding carboxylic acids is 2. The Labute approximate surface area is 397 Å². The molecule has 18 heteroatoms. The summed E-state index contributed by atoms with van der Waals surface area (Å²) in [6.07, 6.45) is 5.34. The topological polar surface area (TPSA) is 187 Å². The Bertz CT molecular complexity index is 2850.